The summed E-state index contributed by atoms with van der Waals surface area (Å²) in [6, 6.07) is 13.8. The molecule has 20 heavy (non-hydrogen) atoms. The van der Waals surface area contributed by atoms with E-state index in [4.69, 9.17) is 9.47 Å². The first-order valence-corrected chi connectivity index (χ1v) is 6.13. The summed E-state index contributed by atoms with van der Waals surface area (Å²) in [5.41, 5.74) is 1.90. The lowest BCUT2D eigenvalue weighted by atomic mass is 10.0. The Labute approximate surface area is 114 Å². The minimum Gasteiger partial charge on any atom is -0.396 e. The van der Waals surface area contributed by atoms with Crippen LogP contribution in [0.2, 0.25) is 0 Å². The van der Waals surface area contributed by atoms with Gasteiger partial charge in [0.05, 0.1) is 22.4 Å². The largest absolute Gasteiger partial charge is 0.396 e. The molecule has 0 fully saturated rings. The molecule has 0 aliphatic carbocycles. The van der Waals surface area contributed by atoms with Crippen molar-refractivity contribution in [1.29, 1.82) is 0 Å². The van der Waals surface area contributed by atoms with Crippen LogP contribution in [0.1, 0.15) is 26.3 Å². The van der Waals surface area contributed by atoms with Crippen molar-refractivity contribution < 1.29 is 19.1 Å². The first kappa shape index (κ1) is 11.0. The molecule has 0 saturated heterocycles. The van der Waals surface area contributed by atoms with Crippen LogP contribution in [-0.4, -0.2) is 11.9 Å². The van der Waals surface area contributed by atoms with Gasteiger partial charge < -0.3 is 14.8 Å². The normalized spacial score (nSPS) is 22.6. The number of esters is 2. The number of rotatable bonds is 0. The van der Waals surface area contributed by atoms with Crippen LogP contribution >= 0.6 is 0 Å². The quantitative estimate of drug-likeness (QED) is 0.742. The molecular weight excluding hydrogens is 258 g/mol. The summed E-state index contributed by atoms with van der Waals surface area (Å²) in [5, 5.41) is 3.00. The van der Waals surface area contributed by atoms with Crippen molar-refractivity contribution in [2.24, 2.45) is 0 Å². The minimum atomic E-state index is -1.56. The Balaban J connectivity index is 1.90. The lowest BCUT2D eigenvalue weighted by molar-refractivity contribution is -0.149. The van der Waals surface area contributed by atoms with Gasteiger partial charge in [0.25, 0.3) is 0 Å². The van der Waals surface area contributed by atoms with E-state index >= 15 is 0 Å². The van der Waals surface area contributed by atoms with E-state index < -0.39 is 17.8 Å². The number of para-hydroxylation sites is 1. The Morgan fingerprint density at radius 2 is 1.40 bits per heavy atom. The molecule has 1 atom stereocenters. The number of benzene rings is 2. The van der Waals surface area contributed by atoms with Gasteiger partial charge in [-0.2, -0.15) is 0 Å². The first-order chi connectivity index (χ1) is 9.70. The summed E-state index contributed by atoms with van der Waals surface area (Å²) in [4.78, 5) is 24.0. The van der Waals surface area contributed by atoms with Crippen LogP contribution in [0.4, 0.5) is 5.69 Å². The molecule has 0 aromatic heterocycles. The number of fused-ring (bicyclic) bond motifs is 3. The molecule has 0 unspecified atom stereocenters. The van der Waals surface area contributed by atoms with Crippen LogP contribution in [0, 0.1) is 0 Å². The van der Waals surface area contributed by atoms with Crippen molar-refractivity contribution in [1.82, 2.24) is 0 Å². The average molecular weight is 267 g/mol. The number of carbonyl (C=O) groups is 2. The second kappa shape index (κ2) is 3.60. The van der Waals surface area contributed by atoms with Gasteiger partial charge in [0.2, 0.25) is 0 Å². The van der Waals surface area contributed by atoms with Gasteiger partial charge in [-0.3, -0.25) is 0 Å². The van der Waals surface area contributed by atoms with E-state index in [1.165, 1.54) is 0 Å². The molecule has 4 rings (SSSR count). The summed E-state index contributed by atoms with van der Waals surface area (Å²) in [6.45, 7) is 0. The highest BCUT2D eigenvalue weighted by Gasteiger charge is 2.52. The van der Waals surface area contributed by atoms with Crippen LogP contribution in [-0.2, 0) is 15.4 Å². The molecular formula is C15H9NO4. The van der Waals surface area contributed by atoms with Gasteiger partial charge in [-0.15, -0.1) is 0 Å². The second-order valence-electron chi connectivity index (χ2n) is 4.61. The minimum absolute atomic E-state index is 0.396. The molecule has 5 heteroatoms. The predicted molar refractivity (Wildman–Crippen MR) is 69.0 cm³/mol. The molecule has 2 aliphatic heterocycles. The molecule has 0 amide bonds. The molecule has 0 radical (unpaired) electrons. The third kappa shape index (κ3) is 1.31. The van der Waals surface area contributed by atoms with Gasteiger partial charge in [-0.1, -0.05) is 24.3 Å². The predicted octanol–water partition coefficient (Wildman–Crippen LogP) is 2.25. The molecule has 0 saturated carbocycles. The Morgan fingerprint density at radius 1 is 0.800 bits per heavy atom. The Bertz CT molecular complexity index is 755. The van der Waals surface area contributed by atoms with Gasteiger partial charge in [-0.25, -0.2) is 9.59 Å². The summed E-state index contributed by atoms with van der Waals surface area (Å²) in [6.07, 6.45) is 0. The van der Waals surface area contributed by atoms with E-state index in [9.17, 15) is 9.59 Å². The van der Waals surface area contributed by atoms with Crippen molar-refractivity contribution in [3.8, 4) is 0 Å². The fourth-order valence-electron chi connectivity index (χ4n) is 2.52. The Hall–Kier alpha value is -2.82. The summed E-state index contributed by atoms with van der Waals surface area (Å²) >= 11 is 0. The average Bonchev–Trinajstić information content (AvgIpc) is 2.72. The van der Waals surface area contributed by atoms with Gasteiger partial charge in [0.15, 0.2) is 0 Å². The van der Waals surface area contributed by atoms with Crippen LogP contribution in [0.25, 0.3) is 0 Å². The standard InChI is InChI=1S/C15H9NO4/c17-13-9-5-1-3-7-11(9)15(19-13)16-12-8-4-2-6-10(12)14(18)20-15/h1-8,16H/t15-/m1/s1. The second-order valence-corrected chi connectivity index (χ2v) is 4.61. The summed E-state index contributed by atoms with van der Waals surface area (Å²) in [7, 11) is 0. The van der Waals surface area contributed by atoms with E-state index in [0.29, 0.717) is 22.4 Å². The SMILES string of the molecule is O=C1O[C@]2(Nc3ccccc31)OC(=O)c1ccccc12. The third-order valence-electron chi connectivity index (χ3n) is 3.42. The van der Waals surface area contributed by atoms with Crippen LogP contribution in [0.3, 0.4) is 0 Å². The molecule has 5 nitrogen and oxygen atoms in total. The smallest absolute Gasteiger partial charge is 0.370 e. The number of hydrogen-bond acceptors (Lipinski definition) is 5. The molecule has 2 aromatic carbocycles. The lowest BCUT2D eigenvalue weighted by Crippen LogP contribution is -2.44. The number of nitrogens with one attached hydrogen (secondary N) is 1. The molecule has 2 aromatic rings. The number of anilines is 1. The van der Waals surface area contributed by atoms with Gasteiger partial charge >= 0.3 is 17.8 Å². The molecule has 98 valence electrons. The van der Waals surface area contributed by atoms with Crippen LogP contribution in [0.5, 0.6) is 0 Å². The maximum Gasteiger partial charge on any atom is 0.370 e. The van der Waals surface area contributed by atoms with E-state index in [2.05, 4.69) is 5.32 Å². The van der Waals surface area contributed by atoms with Crippen molar-refractivity contribution in [3.63, 3.8) is 0 Å². The van der Waals surface area contributed by atoms with Crippen molar-refractivity contribution >= 4 is 17.6 Å². The third-order valence-corrected chi connectivity index (χ3v) is 3.42. The maximum atomic E-state index is 12.1. The van der Waals surface area contributed by atoms with E-state index in [-0.39, 0.29) is 0 Å². The Kier molecular flexibility index (Phi) is 1.99. The molecule has 0 bridgehead atoms. The van der Waals surface area contributed by atoms with Crippen molar-refractivity contribution in [3.05, 3.63) is 65.2 Å². The number of carbonyl (C=O) groups excluding carboxylic acids is 2. The van der Waals surface area contributed by atoms with Crippen LogP contribution < -0.4 is 5.32 Å². The maximum absolute atomic E-state index is 12.1. The highest BCUT2D eigenvalue weighted by molar-refractivity contribution is 6.00. The van der Waals surface area contributed by atoms with Gasteiger partial charge in [0, 0.05) is 0 Å². The summed E-state index contributed by atoms with van der Waals surface area (Å²) in [5.74, 6) is -2.59. The lowest BCUT2D eigenvalue weighted by Gasteiger charge is -2.34. The van der Waals surface area contributed by atoms with E-state index in [0.717, 1.165) is 0 Å². The zero-order valence-corrected chi connectivity index (χ0v) is 10.3. The topological polar surface area (TPSA) is 64.6 Å². The molecule has 2 aliphatic rings. The molecule has 1 N–H and O–H groups in total. The van der Waals surface area contributed by atoms with E-state index in [1.54, 1.807) is 48.5 Å². The monoisotopic (exact) mass is 267 g/mol. The summed E-state index contributed by atoms with van der Waals surface area (Å²) < 4.78 is 10.7. The highest BCUT2D eigenvalue weighted by atomic mass is 16.8. The number of ether oxygens (including phenoxy) is 2. The zero-order valence-electron chi connectivity index (χ0n) is 10.3. The zero-order chi connectivity index (χ0) is 13.7. The van der Waals surface area contributed by atoms with E-state index in [1.807, 2.05) is 0 Å². The number of hydrogen-bond donors (Lipinski definition) is 1. The van der Waals surface area contributed by atoms with Crippen molar-refractivity contribution in [2.75, 3.05) is 5.32 Å². The fourth-order valence-corrected chi connectivity index (χ4v) is 2.52. The molecule has 2 heterocycles. The fraction of sp³-hybridized carbons (Fsp3) is 0.0667. The van der Waals surface area contributed by atoms with Crippen molar-refractivity contribution in [2.45, 2.75) is 5.91 Å². The Morgan fingerprint density at radius 3 is 2.20 bits per heavy atom. The van der Waals surface area contributed by atoms with Crippen LogP contribution in [0.15, 0.2) is 48.5 Å². The highest BCUT2D eigenvalue weighted by Crippen LogP contribution is 2.42. The van der Waals surface area contributed by atoms with Gasteiger partial charge in [0.1, 0.15) is 0 Å². The first-order valence-electron chi connectivity index (χ1n) is 6.13. The van der Waals surface area contributed by atoms with Gasteiger partial charge in [-0.05, 0) is 24.3 Å². The molecule has 1 spiro atoms.